The molecule has 0 saturated heterocycles. The van der Waals surface area contributed by atoms with Crippen molar-refractivity contribution in [1.82, 2.24) is 0 Å². The first-order valence-corrected chi connectivity index (χ1v) is 5.51. The lowest BCUT2D eigenvalue weighted by atomic mass is 10.2. The van der Waals surface area contributed by atoms with E-state index in [-0.39, 0.29) is 12.7 Å². The van der Waals surface area contributed by atoms with E-state index < -0.39 is 0 Å². The number of hydrogen-bond donors (Lipinski definition) is 1. The highest BCUT2D eigenvalue weighted by Gasteiger charge is 1.94. The maximum Gasteiger partial charge on any atom is 0.115 e. The Balaban J connectivity index is 2.53. The standard InChI is InChI=1S/C12H13BrO2/c1-10(15-9-8-14)2-3-11-4-6-12(13)7-5-11/h4-7,10,14H,8-9H2,1H3. The summed E-state index contributed by atoms with van der Waals surface area (Å²) in [6.45, 7) is 2.22. The van der Waals surface area contributed by atoms with Gasteiger partial charge in [-0.05, 0) is 31.2 Å². The van der Waals surface area contributed by atoms with Crippen molar-refractivity contribution in [2.45, 2.75) is 13.0 Å². The van der Waals surface area contributed by atoms with Gasteiger partial charge in [0.1, 0.15) is 6.10 Å². The average Bonchev–Trinajstić information content (AvgIpc) is 2.25. The maximum absolute atomic E-state index is 8.55. The van der Waals surface area contributed by atoms with Gasteiger partial charge in [-0.3, -0.25) is 0 Å². The van der Waals surface area contributed by atoms with E-state index in [1.54, 1.807) is 0 Å². The van der Waals surface area contributed by atoms with Crippen LogP contribution in [0.5, 0.6) is 0 Å². The van der Waals surface area contributed by atoms with Crippen molar-refractivity contribution >= 4 is 15.9 Å². The van der Waals surface area contributed by atoms with Gasteiger partial charge in [-0.25, -0.2) is 0 Å². The monoisotopic (exact) mass is 268 g/mol. The molecular weight excluding hydrogens is 256 g/mol. The Kier molecular flexibility index (Phi) is 5.41. The van der Waals surface area contributed by atoms with Crippen LogP contribution in [0.4, 0.5) is 0 Å². The van der Waals surface area contributed by atoms with Crippen molar-refractivity contribution < 1.29 is 9.84 Å². The third kappa shape index (κ3) is 4.98. The first-order valence-electron chi connectivity index (χ1n) is 4.72. The summed E-state index contributed by atoms with van der Waals surface area (Å²) in [4.78, 5) is 0. The fourth-order valence-electron chi connectivity index (χ4n) is 0.989. The predicted octanol–water partition coefficient (Wildman–Crippen LogP) is 2.20. The summed E-state index contributed by atoms with van der Waals surface area (Å²) >= 11 is 3.36. The first kappa shape index (κ1) is 12.3. The number of rotatable bonds is 3. The summed E-state index contributed by atoms with van der Waals surface area (Å²) in [5.74, 6) is 5.96. The fraction of sp³-hybridized carbons (Fsp3) is 0.333. The molecule has 1 aromatic rings. The predicted molar refractivity (Wildman–Crippen MR) is 63.5 cm³/mol. The molecule has 1 unspecified atom stereocenters. The lowest BCUT2D eigenvalue weighted by Gasteiger charge is -2.03. The zero-order valence-electron chi connectivity index (χ0n) is 8.53. The second-order valence-electron chi connectivity index (χ2n) is 3.01. The molecular formula is C12H13BrO2. The van der Waals surface area contributed by atoms with Crippen LogP contribution in [-0.2, 0) is 4.74 Å². The van der Waals surface area contributed by atoms with Gasteiger partial charge < -0.3 is 9.84 Å². The second kappa shape index (κ2) is 6.62. The molecule has 1 N–H and O–H groups in total. The second-order valence-corrected chi connectivity index (χ2v) is 3.93. The van der Waals surface area contributed by atoms with Crippen LogP contribution in [0.1, 0.15) is 12.5 Å². The summed E-state index contributed by atoms with van der Waals surface area (Å²) in [6, 6.07) is 7.78. The minimum absolute atomic E-state index is 0.0320. The molecule has 0 heterocycles. The summed E-state index contributed by atoms with van der Waals surface area (Å²) in [7, 11) is 0. The highest BCUT2D eigenvalue weighted by atomic mass is 79.9. The SMILES string of the molecule is CC(C#Cc1ccc(Br)cc1)OCCO. The Labute approximate surface area is 98.4 Å². The topological polar surface area (TPSA) is 29.5 Å². The zero-order valence-corrected chi connectivity index (χ0v) is 10.1. The van der Waals surface area contributed by atoms with E-state index in [4.69, 9.17) is 9.84 Å². The number of hydrogen-bond acceptors (Lipinski definition) is 2. The number of aliphatic hydroxyl groups is 1. The Hall–Kier alpha value is -0.820. The van der Waals surface area contributed by atoms with Crippen LogP contribution in [0.2, 0.25) is 0 Å². The van der Waals surface area contributed by atoms with E-state index >= 15 is 0 Å². The molecule has 15 heavy (non-hydrogen) atoms. The van der Waals surface area contributed by atoms with Gasteiger partial charge in [-0.15, -0.1) is 0 Å². The van der Waals surface area contributed by atoms with Gasteiger partial charge in [0.25, 0.3) is 0 Å². The molecule has 0 aliphatic carbocycles. The molecule has 0 aromatic heterocycles. The van der Waals surface area contributed by atoms with Crippen molar-refractivity contribution in [3.8, 4) is 11.8 Å². The number of ether oxygens (including phenoxy) is 1. The van der Waals surface area contributed by atoms with E-state index in [1.807, 2.05) is 31.2 Å². The summed E-state index contributed by atoms with van der Waals surface area (Å²) in [6.07, 6.45) is -0.152. The van der Waals surface area contributed by atoms with E-state index in [2.05, 4.69) is 27.8 Å². The Morgan fingerprint density at radius 3 is 2.67 bits per heavy atom. The molecule has 0 amide bonds. The minimum atomic E-state index is -0.152. The molecule has 0 fully saturated rings. The number of halogens is 1. The molecule has 0 saturated carbocycles. The van der Waals surface area contributed by atoms with Crippen LogP contribution >= 0.6 is 15.9 Å². The summed E-state index contributed by atoms with van der Waals surface area (Å²) in [5.41, 5.74) is 0.956. The molecule has 1 atom stereocenters. The molecule has 2 nitrogen and oxygen atoms in total. The van der Waals surface area contributed by atoms with Gasteiger partial charge in [0.05, 0.1) is 13.2 Å². The molecule has 3 heteroatoms. The highest BCUT2D eigenvalue weighted by Crippen LogP contribution is 2.09. The largest absolute Gasteiger partial charge is 0.394 e. The fourth-order valence-corrected chi connectivity index (χ4v) is 1.25. The molecule has 0 bridgehead atoms. The van der Waals surface area contributed by atoms with Gasteiger partial charge in [-0.2, -0.15) is 0 Å². The Bertz CT molecular complexity index is 348. The van der Waals surface area contributed by atoms with Crippen molar-refractivity contribution in [2.75, 3.05) is 13.2 Å². The molecule has 80 valence electrons. The zero-order chi connectivity index (χ0) is 11.1. The quantitative estimate of drug-likeness (QED) is 0.852. The van der Waals surface area contributed by atoms with Crippen molar-refractivity contribution in [1.29, 1.82) is 0 Å². The van der Waals surface area contributed by atoms with Gasteiger partial charge >= 0.3 is 0 Å². The smallest absolute Gasteiger partial charge is 0.115 e. The van der Waals surface area contributed by atoms with Gasteiger partial charge in [-0.1, -0.05) is 27.8 Å². The van der Waals surface area contributed by atoms with E-state index in [0.717, 1.165) is 10.0 Å². The highest BCUT2D eigenvalue weighted by molar-refractivity contribution is 9.10. The van der Waals surface area contributed by atoms with E-state index in [9.17, 15) is 0 Å². The first-order chi connectivity index (χ1) is 7.22. The van der Waals surface area contributed by atoms with Gasteiger partial charge in [0, 0.05) is 10.0 Å². The molecule has 1 aromatic carbocycles. The molecule has 0 aliphatic heterocycles. The van der Waals surface area contributed by atoms with E-state index in [0.29, 0.717) is 6.61 Å². The summed E-state index contributed by atoms with van der Waals surface area (Å²) < 4.78 is 6.24. The van der Waals surface area contributed by atoms with Crippen molar-refractivity contribution in [3.63, 3.8) is 0 Å². The molecule has 0 aliphatic rings. The number of benzene rings is 1. The van der Waals surface area contributed by atoms with Crippen molar-refractivity contribution in [2.24, 2.45) is 0 Å². The lowest BCUT2D eigenvalue weighted by molar-refractivity contribution is 0.0688. The minimum Gasteiger partial charge on any atom is -0.394 e. The van der Waals surface area contributed by atoms with Crippen LogP contribution in [0.15, 0.2) is 28.7 Å². The molecule has 0 radical (unpaired) electrons. The van der Waals surface area contributed by atoms with Crippen LogP contribution < -0.4 is 0 Å². The third-order valence-corrected chi connectivity index (χ3v) is 2.25. The Morgan fingerprint density at radius 1 is 1.40 bits per heavy atom. The van der Waals surface area contributed by atoms with E-state index in [1.165, 1.54) is 0 Å². The lowest BCUT2D eigenvalue weighted by Crippen LogP contribution is -2.08. The van der Waals surface area contributed by atoms with Gasteiger partial charge in [0.15, 0.2) is 0 Å². The Morgan fingerprint density at radius 2 is 2.07 bits per heavy atom. The van der Waals surface area contributed by atoms with Gasteiger partial charge in [0.2, 0.25) is 0 Å². The normalized spacial score (nSPS) is 11.7. The van der Waals surface area contributed by atoms with Crippen molar-refractivity contribution in [3.05, 3.63) is 34.3 Å². The van der Waals surface area contributed by atoms with Crippen LogP contribution in [0, 0.1) is 11.8 Å². The third-order valence-electron chi connectivity index (χ3n) is 1.72. The molecule has 0 spiro atoms. The maximum atomic E-state index is 8.55. The molecule has 1 rings (SSSR count). The summed E-state index contributed by atoms with van der Waals surface area (Å²) in [5, 5.41) is 8.55. The van der Waals surface area contributed by atoms with Crippen LogP contribution in [0.3, 0.4) is 0 Å². The van der Waals surface area contributed by atoms with Crippen LogP contribution in [-0.4, -0.2) is 24.4 Å². The van der Waals surface area contributed by atoms with Crippen LogP contribution in [0.25, 0.3) is 0 Å². The number of aliphatic hydroxyl groups excluding tert-OH is 1. The average molecular weight is 269 g/mol.